The number of anilines is 2. The van der Waals surface area contributed by atoms with E-state index in [1.165, 1.54) is 11.3 Å². The molecule has 7 heteroatoms. The standard InChI is InChI=1S/C17H14N4O2S/c22-16(20-17-18-10-11-24-17)19-14-9-5-4-8-13(14)15(21-23)12-6-2-1-3-7-12/h1-11,23H,(H2,18,19,20,22)/b21-15+. The van der Waals surface area contributed by atoms with Crippen molar-refractivity contribution in [2.75, 3.05) is 10.6 Å². The van der Waals surface area contributed by atoms with Gasteiger partial charge in [-0.25, -0.2) is 9.78 Å². The van der Waals surface area contributed by atoms with Crippen LogP contribution in [0.4, 0.5) is 15.6 Å². The molecule has 0 aliphatic heterocycles. The van der Waals surface area contributed by atoms with Crippen LogP contribution in [0.3, 0.4) is 0 Å². The van der Waals surface area contributed by atoms with Gasteiger partial charge in [0, 0.05) is 22.7 Å². The van der Waals surface area contributed by atoms with Crippen LogP contribution in [0.5, 0.6) is 0 Å². The summed E-state index contributed by atoms with van der Waals surface area (Å²) in [6, 6.07) is 16.0. The Morgan fingerprint density at radius 3 is 2.50 bits per heavy atom. The van der Waals surface area contributed by atoms with E-state index in [1.807, 2.05) is 36.4 Å². The lowest BCUT2D eigenvalue weighted by Crippen LogP contribution is -2.21. The number of rotatable bonds is 4. The van der Waals surface area contributed by atoms with Gasteiger partial charge in [0.25, 0.3) is 0 Å². The predicted octanol–water partition coefficient (Wildman–Crippen LogP) is 4.01. The number of oxime groups is 1. The fourth-order valence-corrected chi connectivity index (χ4v) is 2.72. The molecule has 0 unspecified atom stereocenters. The minimum absolute atomic E-state index is 0.376. The molecular weight excluding hydrogens is 324 g/mol. The summed E-state index contributed by atoms with van der Waals surface area (Å²) >= 11 is 1.33. The fraction of sp³-hybridized carbons (Fsp3) is 0. The van der Waals surface area contributed by atoms with Crippen molar-refractivity contribution in [1.29, 1.82) is 0 Å². The number of hydrogen-bond acceptors (Lipinski definition) is 5. The van der Waals surface area contributed by atoms with Gasteiger partial charge in [-0.1, -0.05) is 53.7 Å². The lowest BCUT2D eigenvalue weighted by Gasteiger charge is -2.12. The van der Waals surface area contributed by atoms with E-state index in [2.05, 4.69) is 20.8 Å². The predicted molar refractivity (Wildman–Crippen MR) is 95.1 cm³/mol. The van der Waals surface area contributed by atoms with E-state index in [0.717, 1.165) is 5.56 Å². The second-order valence-corrected chi connectivity index (χ2v) is 5.67. The zero-order chi connectivity index (χ0) is 16.8. The highest BCUT2D eigenvalue weighted by atomic mass is 32.1. The fourth-order valence-electron chi connectivity index (χ4n) is 2.20. The van der Waals surface area contributed by atoms with Crippen molar-refractivity contribution in [3.63, 3.8) is 0 Å². The van der Waals surface area contributed by atoms with Crippen LogP contribution in [0.15, 0.2) is 71.3 Å². The van der Waals surface area contributed by atoms with Gasteiger partial charge < -0.3 is 10.5 Å². The van der Waals surface area contributed by atoms with E-state index in [0.29, 0.717) is 22.1 Å². The van der Waals surface area contributed by atoms with E-state index in [9.17, 15) is 10.0 Å². The van der Waals surface area contributed by atoms with Crippen molar-refractivity contribution >= 4 is 33.9 Å². The Bertz CT molecular complexity index is 848. The van der Waals surface area contributed by atoms with Gasteiger partial charge in [-0.15, -0.1) is 11.3 Å². The summed E-state index contributed by atoms with van der Waals surface area (Å²) in [6.07, 6.45) is 1.61. The van der Waals surface area contributed by atoms with Gasteiger partial charge in [-0.3, -0.25) is 5.32 Å². The van der Waals surface area contributed by atoms with Crippen molar-refractivity contribution in [2.45, 2.75) is 0 Å². The van der Waals surface area contributed by atoms with Crippen LogP contribution in [0.25, 0.3) is 0 Å². The zero-order valence-corrected chi connectivity index (χ0v) is 13.3. The van der Waals surface area contributed by atoms with Crippen LogP contribution in [-0.2, 0) is 0 Å². The third kappa shape index (κ3) is 3.58. The molecule has 2 amide bonds. The Hall–Kier alpha value is -3.19. The maximum absolute atomic E-state index is 12.1. The Balaban J connectivity index is 1.86. The van der Waals surface area contributed by atoms with Gasteiger partial charge in [0.2, 0.25) is 0 Å². The van der Waals surface area contributed by atoms with Crippen molar-refractivity contribution in [1.82, 2.24) is 4.98 Å². The molecule has 2 aromatic carbocycles. The van der Waals surface area contributed by atoms with E-state index in [1.54, 1.807) is 29.8 Å². The number of urea groups is 1. The average molecular weight is 338 g/mol. The smallest absolute Gasteiger partial charge is 0.325 e. The number of hydrogen-bond donors (Lipinski definition) is 3. The number of nitrogens with zero attached hydrogens (tertiary/aromatic N) is 2. The molecule has 0 radical (unpaired) electrons. The van der Waals surface area contributed by atoms with Crippen LogP contribution in [0, 0.1) is 0 Å². The lowest BCUT2D eigenvalue weighted by molar-refractivity contribution is 0.262. The van der Waals surface area contributed by atoms with Crippen LogP contribution in [0.2, 0.25) is 0 Å². The highest BCUT2D eigenvalue weighted by Crippen LogP contribution is 2.20. The summed E-state index contributed by atoms with van der Waals surface area (Å²) in [5.74, 6) is 0. The molecule has 0 aliphatic carbocycles. The lowest BCUT2D eigenvalue weighted by atomic mass is 10.0. The summed E-state index contributed by atoms with van der Waals surface area (Å²) in [6.45, 7) is 0. The second kappa shape index (κ2) is 7.38. The quantitative estimate of drug-likeness (QED) is 0.381. The summed E-state index contributed by atoms with van der Waals surface area (Å²) in [5.41, 5.74) is 2.26. The van der Waals surface area contributed by atoms with Crippen molar-refractivity contribution in [2.24, 2.45) is 5.16 Å². The Labute approximate surface area is 142 Å². The summed E-state index contributed by atoms with van der Waals surface area (Å²) in [7, 11) is 0. The van der Waals surface area contributed by atoms with Crippen molar-refractivity contribution in [3.05, 3.63) is 77.3 Å². The monoisotopic (exact) mass is 338 g/mol. The van der Waals surface area contributed by atoms with Gasteiger partial charge in [0.1, 0.15) is 5.71 Å². The Morgan fingerprint density at radius 2 is 1.79 bits per heavy atom. The molecule has 3 aromatic rings. The second-order valence-electron chi connectivity index (χ2n) is 4.78. The van der Waals surface area contributed by atoms with Gasteiger partial charge in [0.15, 0.2) is 5.13 Å². The van der Waals surface area contributed by atoms with Crippen LogP contribution < -0.4 is 10.6 Å². The molecule has 6 nitrogen and oxygen atoms in total. The number of carbonyl (C=O) groups excluding carboxylic acids is 1. The van der Waals surface area contributed by atoms with Crippen LogP contribution in [-0.4, -0.2) is 21.9 Å². The molecule has 0 fully saturated rings. The molecule has 0 aliphatic rings. The summed E-state index contributed by atoms with van der Waals surface area (Å²) in [4.78, 5) is 16.1. The Morgan fingerprint density at radius 1 is 1.04 bits per heavy atom. The SMILES string of the molecule is O=C(Nc1nccs1)Nc1ccccc1/C(=N/O)c1ccccc1. The van der Waals surface area contributed by atoms with E-state index in [4.69, 9.17) is 0 Å². The number of nitrogens with one attached hydrogen (secondary N) is 2. The first-order valence-electron chi connectivity index (χ1n) is 7.12. The van der Waals surface area contributed by atoms with Gasteiger partial charge in [-0.2, -0.15) is 0 Å². The normalized spacial score (nSPS) is 11.1. The molecule has 0 saturated carbocycles. The molecule has 0 spiro atoms. The molecule has 0 atom stereocenters. The highest BCUT2D eigenvalue weighted by Gasteiger charge is 2.14. The first-order valence-corrected chi connectivity index (χ1v) is 8.00. The first kappa shape index (κ1) is 15.7. The van der Waals surface area contributed by atoms with Gasteiger partial charge in [-0.05, 0) is 6.07 Å². The largest absolute Gasteiger partial charge is 0.410 e. The van der Waals surface area contributed by atoms with Gasteiger partial charge >= 0.3 is 6.03 Å². The minimum Gasteiger partial charge on any atom is -0.410 e. The van der Waals surface area contributed by atoms with E-state index < -0.39 is 6.03 Å². The van der Waals surface area contributed by atoms with Crippen molar-refractivity contribution in [3.8, 4) is 0 Å². The number of para-hydroxylation sites is 1. The molecule has 0 saturated heterocycles. The number of benzene rings is 2. The molecule has 1 heterocycles. The molecule has 1 aromatic heterocycles. The average Bonchev–Trinajstić information content (AvgIpc) is 3.11. The molecule has 3 N–H and O–H groups in total. The maximum Gasteiger partial charge on any atom is 0.325 e. The molecule has 3 rings (SSSR count). The number of carbonyl (C=O) groups is 1. The molecule has 0 bridgehead atoms. The van der Waals surface area contributed by atoms with E-state index in [-0.39, 0.29) is 0 Å². The van der Waals surface area contributed by atoms with Gasteiger partial charge in [0.05, 0.1) is 5.69 Å². The topological polar surface area (TPSA) is 86.6 Å². The first-order chi connectivity index (χ1) is 11.8. The number of amides is 2. The zero-order valence-electron chi connectivity index (χ0n) is 12.5. The summed E-state index contributed by atoms with van der Waals surface area (Å²) < 4.78 is 0. The van der Waals surface area contributed by atoms with Crippen LogP contribution >= 0.6 is 11.3 Å². The van der Waals surface area contributed by atoms with Crippen molar-refractivity contribution < 1.29 is 10.0 Å². The number of aromatic nitrogens is 1. The Kier molecular flexibility index (Phi) is 4.83. The minimum atomic E-state index is -0.414. The van der Waals surface area contributed by atoms with E-state index >= 15 is 0 Å². The molecule has 24 heavy (non-hydrogen) atoms. The third-order valence-electron chi connectivity index (χ3n) is 3.23. The maximum atomic E-state index is 12.1. The highest BCUT2D eigenvalue weighted by molar-refractivity contribution is 7.13. The third-order valence-corrected chi connectivity index (χ3v) is 3.92. The number of thiazole rings is 1. The summed E-state index contributed by atoms with van der Waals surface area (Å²) in [5, 5.41) is 20.5. The molecular formula is C17H14N4O2S. The molecule has 120 valence electrons. The van der Waals surface area contributed by atoms with Crippen LogP contribution in [0.1, 0.15) is 11.1 Å².